The molecule has 0 bridgehead atoms. The van der Waals surface area contributed by atoms with Crippen LogP contribution in [0.2, 0.25) is 0 Å². The third-order valence-corrected chi connectivity index (χ3v) is 3.43. The monoisotopic (exact) mass is 233 g/mol. The number of hydrogen-bond acceptors (Lipinski definition) is 2. The first-order valence-corrected chi connectivity index (χ1v) is 6.48. The lowest BCUT2D eigenvalue weighted by molar-refractivity contribution is 0.590. The number of rotatable bonds is 6. The Morgan fingerprint density at radius 3 is 2.76 bits per heavy atom. The third kappa shape index (κ3) is 3.19. The minimum atomic E-state index is 0.757. The Bertz CT molecular complexity index is 413. The molecule has 0 saturated heterocycles. The molecule has 1 N–H and O–H groups in total. The molecule has 1 fully saturated rings. The van der Waals surface area contributed by atoms with Crippen LogP contribution in [0.25, 0.3) is 0 Å². The summed E-state index contributed by atoms with van der Waals surface area (Å²) in [6.07, 6.45) is 3.68. The molecule has 2 rings (SSSR count). The van der Waals surface area contributed by atoms with Crippen molar-refractivity contribution in [3.63, 3.8) is 0 Å². The maximum absolute atomic E-state index is 4.62. The van der Waals surface area contributed by atoms with E-state index in [4.69, 9.17) is 0 Å². The van der Waals surface area contributed by atoms with Gasteiger partial charge < -0.3 is 5.32 Å². The normalized spacial score (nSPS) is 15.2. The SMILES string of the molecule is C=C(C)CCn1nc(C)c(CNC2CC2)c1C. The zero-order valence-corrected chi connectivity index (χ0v) is 11.2. The maximum Gasteiger partial charge on any atom is 0.0641 e. The van der Waals surface area contributed by atoms with Crippen LogP contribution in [0.4, 0.5) is 0 Å². The molecule has 0 unspecified atom stereocenters. The molecule has 0 radical (unpaired) electrons. The quantitative estimate of drug-likeness (QED) is 0.766. The van der Waals surface area contributed by atoms with Gasteiger partial charge in [-0.15, -0.1) is 6.58 Å². The van der Waals surface area contributed by atoms with Crippen LogP contribution in [-0.2, 0) is 13.1 Å². The summed E-state index contributed by atoms with van der Waals surface area (Å²) in [6.45, 7) is 12.2. The van der Waals surface area contributed by atoms with Crippen molar-refractivity contribution >= 4 is 0 Å². The summed E-state index contributed by atoms with van der Waals surface area (Å²) < 4.78 is 2.12. The van der Waals surface area contributed by atoms with E-state index in [9.17, 15) is 0 Å². The molecule has 1 aliphatic carbocycles. The van der Waals surface area contributed by atoms with E-state index >= 15 is 0 Å². The molecule has 0 spiro atoms. The van der Waals surface area contributed by atoms with Crippen LogP contribution < -0.4 is 5.32 Å². The first kappa shape index (κ1) is 12.4. The van der Waals surface area contributed by atoms with Gasteiger partial charge in [0.05, 0.1) is 5.69 Å². The Labute approximate surface area is 104 Å². The minimum absolute atomic E-state index is 0.757. The van der Waals surface area contributed by atoms with Gasteiger partial charge in [-0.25, -0.2) is 0 Å². The summed E-state index contributed by atoms with van der Waals surface area (Å²) in [5, 5.41) is 8.18. The van der Waals surface area contributed by atoms with Crippen molar-refractivity contribution in [2.45, 2.75) is 59.2 Å². The Hall–Kier alpha value is -1.09. The van der Waals surface area contributed by atoms with E-state index in [1.165, 1.54) is 29.7 Å². The van der Waals surface area contributed by atoms with Gasteiger partial charge in [0.25, 0.3) is 0 Å². The predicted molar refractivity (Wildman–Crippen MR) is 71.0 cm³/mol. The topological polar surface area (TPSA) is 29.9 Å². The fourth-order valence-corrected chi connectivity index (χ4v) is 2.04. The van der Waals surface area contributed by atoms with Gasteiger partial charge in [0.1, 0.15) is 0 Å². The van der Waals surface area contributed by atoms with E-state index in [2.05, 4.69) is 42.4 Å². The van der Waals surface area contributed by atoms with E-state index < -0.39 is 0 Å². The largest absolute Gasteiger partial charge is 0.310 e. The van der Waals surface area contributed by atoms with Crippen molar-refractivity contribution in [1.29, 1.82) is 0 Å². The van der Waals surface area contributed by atoms with Crippen LogP contribution in [0.15, 0.2) is 12.2 Å². The van der Waals surface area contributed by atoms with E-state index in [1.54, 1.807) is 0 Å². The second kappa shape index (κ2) is 5.05. The summed E-state index contributed by atoms with van der Waals surface area (Å²) in [6, 6.07) is 0.757. The molecule has 0 aliphatic heterocycles. The molecule has 3 heteroatoms. The fraction of sp³-hybridized carbons (Fsp3) is 0.643. The number of nitrogens with one attached hydrogen (secondary N) is 1. The van der Waals surface area contributed by atoms with Crippen LogP contribution in [0.5, 0.6) is 0 Å². The van der Waals surface area contributed by atoms with Gasteiger partial charge in [0.2, 0.25) is 0 Å². The zero-order valence-electron chi connectivity index (χ0n) is 11.2. The number of allylic oxidation sites excluding steroid dienone is 1. The highest BCUT2D eigenvalue weighted by atomic mass is 15.3. The van der Waals surface area contributed by atoms with Crippen molar-refractivity contribution < 1.29 is 0 Å². The molecule has 1 aromatic heterocycles. The number of hydrogen-bond donors (Lipinski definition) is 1. The fourth-order valence-electron chi connectivity index (χ4n) is 2.04. The summed E-state index contributed by atoms with van der Waals surface area (Å²) in [4.78, 5) is 0. The second-order valence-electron chi connectivity index (χ2n) is 5.23. The van der Waals surface area contributed by atoms with Gasteiger partial charge >= 0.3 is 0 Å². The van der Waals surface area contributed by atoms with Crippen molar-refractivity contribution in [2.75, 3.05) is 0 Å². The smallest absolute Gasteiger partial charge is 0.0641 e. The summed E-state index contributed by atoms with van der Waals surface area (Å²) in [5.41, 5.74) is 5.06. The average molecular weight is 233 g/mol. The number of nitrogens with zero attached hydrogens (tertiary/aromatic N) is 2. The number of aryl methyl sites for hydroxylation is 2. The van der Waals surface area contributed by atoms with Gasteiger partial charge in [-0.05, 0) is 40.0 Å². The number of aromatic nitrogens is 2. The molecule has 0 amide bonds. The van der Waals surface area contributed by atoms with Crippen LogP contribution in [0.3, 0.4) is 0 Å². The van der Waals surface area contributed by atoms with Crippen LogP contribution in [0, 0.1) is 13.8 Å². The highest BCUT2D eigenvalue weighted by Crippen LogP contribution is 2.21. The lowest BCUT2D eigenvalue weighted by Gasteiger charge is -2.06. The van der Waals surface area contributed by atoms with E-state index in [-0.39, 0.29) is 0 Å². The highest BCUT2D eigenvalue weighted by Gasteiger charge is 2.21. The average Bonchev–Trinajstić information content (AvgIpc) is 3.03. The van der Waals surface area contributed by atoms with Gasteiger partial charge in [-0.3, -0.25) is 4.68 Å². The Balaban J connectivity index is 2.01. The molecule has 1 aliphatic rings. The second-order valence-corrected chi connectivity index (χ2v) is 5.23. The van der Waals surface area contributed by atoms with Crippen molar-refractivity contribution in [2.24, 2.45) is 0 Å². The molecule has 3 nitrogen and oxygen atoms in total. The molecule has 1 saturated carbocycles. The molecule has 0 aromatic carbocycles. The van der Waals surface area contributed by atoms with E-state index in [0.717, 1.165) is 31.2 Å². The van der Waals surface area contributed by atoms with E-state index in [1.807, 2.05) is 0 Å². The Morgan fingerprint density at radius 1 is 1.47 bits per heavy atom. The Kier molecular flexibility index (Phi) is 3.67. The lowest BCUT2D eigenvalue weighted by atomic mass is 10.2. The molecule has 0 atom stereocenters. The van der Waals surface area contributed by atoms with Crippen LogP contribution in [-0.4, -0.2) is 15.8 Å². The highest BCUT2D eigenvalue weighted by molar-refractivity contribution is 5.24. The van der Waals surface area contributed by atoms with Crippen molar-refractivity contribution in [3.05, 3.63) is 29.1 Å². The molecule has 1 aromatic rings. The van der Waals surface area contributed by atoms with Gasteiger partial charge in [0.15, 0.2) is 0 Å². The molecular weight excluding hydrogens is 210 g/mol. The van der Waals surface area contributed by atoms with Crippen molar-refractivity contribution in [1.82, 2.24) is 15.1 Å². The maximum atomic E-state index is 4.62. The van der Waals surface area contributed by atoms with Crippen molar-refractivity contribution in [3.8, 4) is 0 Å². The van der Waals surface area contributed by atoms with Gasteiger partial charge in [0, 0.05) is 30.4 Å². The predicted octanol–water partition coefficient (Wildman–Crippen LogP) is 2.72. The van der Waals surface area contributed by atoms with Crippen LogP contribution >= 0.6 is 0 Å². The van der Waals surface area contributed by atoms with Crippen LogP contribution in [0.1, 0.15) is 43.1 Å². The Morgan fingerprint density at radius 2 is 2.18 bits per heavy atom. The third-order valence-electron chi connectivity index (χ3n) is 3.43. The summed E-state index contributed by atoms with van der Waals surface area (Å²) >= 11 is 0. The van der Waals surface area contributed by atoms with E-state index in [0.29, 0.717) is 0 Å². The summed E-state index contributed by atoms with van der Waals surface area (Å²) in [5.74, 6) is 0. The zero-order chi connectivity index (χ0) is 12.4. The standard InChI is InChI=1S/C14H23N3/c1-10(2)7-8-17-12(4)14(11(3)16-17)9-15-13-5-6-13/h13,15H,1,5-9H2,2-4H3. The van der Waals surface area contributed by atoms with Gasteiger partial charge in [-0.2, -0.15) is 5.10 Å². The first-order chi connectivity index (χ1) is 8.08. The van der Waals surface area contributed by atoms with Gasteiger partial charge in [-0.1, -0.05) is 5.57 Å². The summed E-state index contributed by atoms with van der Waals surface area (Å²) in [7, 11) is 0. The lowest BCUT2D eigenvalue weighted by Crippen LogP contribution is -2.16. The molecule has 1 heterocycles. The molecule has 94 valence electrons. The molecule has 17 heavy (non-hydrogen) atoms. The molecular formula is C14H23N3. The first-order valence-electron chi connectivity index (χ1n) is 6.48. The minimum Gasteiger partial charge on any atom is -0.310 e.